The van der Waals surface area contributed by atoms with Crippen molar-refractivity contribution in [1.29, 1.82) is 0 Å². The monoisotopic (exact) mass is 540 g/mol. The molecule has 0 N–H and O–H groups in total. The van der Waals surface area contributed by atoms with Crippen molar-refractivity contribution in [3.8, 4) is 28.7 Å². The van der Waals surface area contributed by atoms with Crippen LogP contribution in [0.15, 0.2) is 89.8 Å². The second kappa shape index (κ2) is 11.5. The lowest BCUT2D eigenvalue weighted by atomic mass is 10.2. The van der Waals surface area contributed by atoms with Gasteiger partial charge < -0.3 is 18.8 Å². The minimum atomic E-state index is -0.300. The first-order valence-electron chi connectivity index (χ1n) is 12.5. The summed E-state index contributed by atoms with van der Waals surface area (Å²) < 4.78 is 18.9. The molecule has 2 heterocycles. The van der Waals surface area contributed by atoms with E-state index in [4.69, 9.17) is 14.2 Å². The number of methoxy groups -OCH3 is 1. The number of nitrogens with zero attached hydrogens (tertiary/aromatic N) is 2. The zero-order valence-electron chi connectivity index (χ0n) is 21.9. The van der Waals surface area contributed by atoms with Crippen LogP contribution in [0.2, 0.25) is 0 Å². The lowest BCUT2D eigenvalue weighted by molar-refractivity contribution is -0.123. The molecule has 0 atom stereocenters. The summed E-state index contributed by atoms with van der Waals surface area (Å²) >= 11 is 0.957. The summed E-state index contributed by atoms with van der Waals surface area (Å²) in [4.78, 5) is 27.2. The lowest BCUT2D eigenvalue weighted by Gasteiger charge is -2.13. The number of carbonyl (C=O) groups excluding carboxylic acids is 2. The summed E-state index contributed by atoms with van der Waals surface area (Å²) in [5.74, 6) is 2.62. The third-order valence-electron chi connectivity index (χ3n) is 6.35. The molecule has 0 aliphatic carbocycles. The zero-order chi connectivity index (χ0) is 27.4. The first-order valence-corrected chi connectivity index (χ1v) is 13.3. The summed E-state index contributed by atoms with van der Waals surface area (Å²) in [6.45, 7) is 4.44. The number of benzene rings is 3. The molecule has 2 amide bonds. The van der Waals surface area contributed by atoms with Crippen molar-refractivity contribution in [2.45, 2.75) is 13.8 Å². The summed E-state index contributed by atoms with van der Waals surface area (Å²) in [6.07, 6.45) is 1.79. The summed E-state index contributed by atoms with van der Waals surface area (Å²) in [5.41, 5.74) is 3.84. The Bertz CT molecular complexity index is 1510. The van der Waals surface area contributed by atoms with Gasteiger partial charge in [-0.15, -0.1) is 0 Å². The van der Waals surface area contributed by atoms with Gasteiger partial charge in [-0.05, 0) is 104 Å². The highest BCUT2D eigenvalue weighted by Crippen LogP contribution is 2.34. The van der Waals surface area contributed by atoms with Crippen LogP contribution in [0, 0.1) is 13.8 Å². The number of hydrogen-bond acceptors (Lipinski definition) is 6. The van der Waals surface area contributed by atoms with Crippen LogP contribution in [0.3, 0.4) is 0 Å². The van der Waals surface area contributed by atoms with Gasteiger partial charge in [0, 0.05) is 17.1 Å². The standard InChI is InChI=1S/C31H28N2O5S/c1-21-19-23(20-29-30(34)32(31(35)39-29)17-18-37-26-7-5-4-6-8-26)22(2)33(21)24-9-11-27(12-10-24)38-28-15-13-25(36-3)14-16-28/h4-16,19-20H,17-18H2,1-3H3/b29-20-. The molecule has 7 nitrogen and oxygen atoms in total. The van der Waals surface area contributed by atoms with Crippen molar-refractivity contribution >= 4 is 29.0 Å². The van der Waals surface area contributed by atoms with E-state index in [0.717, 1.165) is 51.6 Å². The predicted octanol–water partition coefficient (Wildman–Crippen LogP) is 7.01. The van der Waals surface area contributed by atoms with Crippen LogP contribution in [0.5, 0.6) is 23.0 Å². The van der Waals surface area contributed by atoms with Gasteiger partial charge in [-0.3, -0.25) is 14.5 Å². The molecule has 4 aromatic rings. The fourth-order valence-corrected chi connectivity index (χ4v) is 5.24. The molecule has 1 aromatic heterocycles. The van der Waals surface area contributed by atoms with E-state index in [1.54, 1.807) is 13.2 Å². The third-order valence-corrected chi connectivity index (χ3v) is 7.25. The minimum absolute atomic E-state index is 0.195. The van der Waals surface area contributed by atoms with E-state index in [1.807, 2.05) is 98.8 Å². The number of thioether (sulfide) groups is 1. The molecular weight excluding hydrogens is 512 g/mol. The normalized spacial score (nSPS) is 14.2. The number of aromatic nitrogens is 1. The summed E-state index contributed by atoms with van der Waals surface area (Å²) in [7, 11) is 1.63. The Labute approximate surface area is 231 Å². The van der Waals surface area contributed by atoms with Gasteiger partial charge in [-0.2, -0.15) is 0 Å². The van der Waals surface area contributed by atoms with Crippen LogP contribution >= 0.6 is 11.8 Å². The Morgan fingerprint density at radius 2 is 1.46 bits per heavy atom. The highest BCUT2D eigenvalue weighted by molar-refractivity contribution is 8.18. The molecule has 1 fully saturated rings. The number of hydrogen-bond donors (Lipinski definition) is 0. The highest BCUT2D eigenvalue weighted by Gasteiger charge is 2.35. The van der Waals surface area contributed by atoms with Gasteiger partial charge in [0.2, 0.25) is 0 Å². The molecule has 1 aliphatic rings. The smallest absolute Gasteiger partial charge is 0.293 e. The van der Waals surface area contributed by atoms with Crippen LogP contribution in [0.25, 0.3) is 11.8 Å². The number of aryl methyl sites for hydroxylation is 1. The van der Waals surface area contributed by atoms with Gasteiger partial charge in [0.15, 0.2) is 0 Å². The molecule has 8 heteroatoms. The fraction of sp³-hybridized carbons (Fsp3) is 0.161. The molecule has 0 unspecified atom stereocenters. The van der Waals surface area contributed by atoms with Crippen molar-refractivity contribution in [3.63, 3.8) is 0 Å². The molecule has 0 saturated carbocycles. The van der Waals surface area contributed by atoms with Gasteiger partial charge >= 0.3 is 0 Å². The largest absolute Gasteiger partial charge is 0.497 e. The van der Waals surface area contributed by atoms with Crippen LogP contribution < -0.4 is 14.2 Å². The van der Waals surface area contributed by atoms with Crippen LogP contribution in [0.1, 0.15) is 17.0 Å². The van der Waals surface area contributed by atoms with E-state index >= 15 is 0 Å². The van der Waals surface area contributed by atoms with E-state index in [-0.39, 0.29) is 24.3 Å². The maximum atomic E-state index is 13.0. The quantitative estimate of drug-likeness (QED) is 0.213. The van der Waals surface area contributed by atoms with E-state index in [1.165, 1.54) is 4.90 Å². The first kappa shape index (κ1) is 26.2. The van der Waals surface area contributed by atoms with Gasteiger partial charge in [-0.1, -0.05) is 18.2 Å². The van der Waals surface area contributed by atoms with Gasteiger partial charge in [-0.25, -0.2) is 0 Å². The third kappa shape index (κ3) is 5.86. The Morgan fingerprint density at radius 1 is 0.821 bits per heavy atom. The molecule has 3 aromatic carbocycles. The van der Waals surface area contributed by atoms with E-state index in [2.05, 4.69) is 4.57 Å². The molecule has 5 rings (SSSR count). The van der Waals surface area contributed by atoms with E-state index in [0.29, 0.717) is 10.7 Å². The topological polar surface area (TPSA) is 70.0 Å². The van der Waals surface area contributed by atoms with Crippen LogP contribution in [-0.2, 0) is 4.79 Å². The molecule has 0 spiro atoms. The summed E-state index contributed by atoms with van der Waals surface area (Å²) in [5, 5.41) is -0.288. The Kier molecular flexibility index (Phi) is 7.74. The first-order chi connectivity index (χ1) is 18.9. The Hall–Kier alpha value is -4.43. The van der Waals surface area contributed by atoms with E-state index in [9.17, 15) is 9.59 Å². The van der Waals surface area contributed by atoms with Gasteiger partial charge in [0.1, 0.15) is 29.6 Å². The number of amides is 2. The number of ether oxygens (including phenoxy) is 3. The van der Waals surface area contributed by atoms with Crippen molar-refractivity contribution in [3.05, 3.63) is 107 Å². The molecule has 0 radical (unpaired) electrons. The van der Waals surface area contributed by atoms with Crippen molar-refractivity contribution in [1.82, 2.24) is 9.47 Å². The molecule has 1 saturated heterocycles. The summed E-state index contributed by atoms with van der Waals surface area (Å²) in [6, 6.07) is 26.6. The molecule has 198 valence electrons. The van der Waals surface area contributed by atoms with Crippen LogP contribution in [0.4, 0.5) is 4.79 Å². The second-order valence-electron chi connectivity index (χ2n) is 8.93. The SMILES string of the molecule is COc1ccc(Oc2ccc(-n3c(C)cc(/C=C4\SC(=O)N(CCOc5ccccc5)C4=O)c3C)cc2)cc1. The molecular formula is C31H28N2O5S. The Balaban J connectivity index is 1.27. The van der Waals surface area contributed by atoms with Crippen molar-refractivity contribution < 1.29 is 23.8 Å². The maximum absolute atomic E-state index is 13.0. The average Bonchev–Trinajstić information content (AvgIpc) is 3.38. The van der Waals surface area contributed by atoms with Gasteiger partial charge in [0.25, 0.3) is 11.1 Å². The highest BCUT2D eigenvalue weighted by atomic mass is 32.2. The molecule has 0 bridgehead atoms. The second-order valence-corrected chi connectivity index (χ2v) is 9.92. The molecule has 39 heavy (non-hydrogen) atoms. The number of carbonyl (C=O) groups is 2. The fourth-order valence-electron chi connectivity index (χ4n) is 4.38. The number of para-hydroxylation sites is 1. The number of rotatable bonds is 9. The lowest BCUT2D eigenvalue weighted by Crippen LogP contribution is -2.32. The van der Waals surface area contributed by atoms with Crippen LogP contribution in [-0.4, -0.2) is 40.9 Å². The maximum Gasteiger partial charge on any atom is 0.293 e. The Morgan fingerprint density at radius 3 is 2.13 bits per heavy atom. The van der Waals surface area contributed by atoms with Crippen molar-refractivity contribution in [2.24, 2.45) is 0 Å². The predicted molar refractivity (Wildman–Crippen MR) is 153 cm³/mol. The number of imide groups is 1. The van der Waals surface area contributed by atoms with Gasteiger partial charge in [0.05, 0.1) is 18.6 Å². The van der Waals surface area contributed by atoms with E-state index < -0.39 is 0 Å². The average molecular weight is 541 g/mol. The minimum Gasteiger partial charge on any atom is -0.497 e. The zero-order valence-corrected chi connectivity index (χ0v) is 22.7. The molecule has 1 aliphatic heterocycles. The van der Waals surface area contributed by atoms with Crippen molar-refractivity contribution in [2.75, 3.05) is 20.3 Å².